The highest BCUT2D eigenvalue weighted by Gasteiger charge is 2.25. The maximum atomic E-state index is 2.36. The van der Waals surface area contributed by atoms with Crippen molar-refractivity contribution in [2.24, 2.45) is 21.7 Å². The average molecular weight is 365 g/mol. The fourth-order valence-electron chi connectivity index (χ4n) is 4.43. The number of hydrogen-bond donors (Lipinski definition) is 0. The van der Waals surface area contributed by atoms with Crippen molar-refractivity contribution in [2.75, 3.05) is 0 Å². The van der Waals surface area contributed by atoms with E-state index in [2.05, 4.69) is 55.4 Å². The van der Waals surface area contributed by atoms with Gasteiger partial charge in [0.1, 0.15) is 0 Å². The summed E-state index contributed by atoms with van der Waals surface area (Å²) < 4.78 is 0. The molecule has 0 aromatic rings. The molecule has 0 spiro atoms. The summed E-state index contributed by atoms with van der Waals surface area (Å²) in [6.45, 7) is 18.8. The normalized spacial score (nSPS) is 28.6. The van der Waals surface area contributed by atoms with Crippen molar-refractivity contribution < 1.29 is 0 Å². The lowest BCUT2D eigenvalue weighted by molar-refractivity contribution is 0.190. The molecule has 26 heavy (non-hydrogen) atoms. The van der Waals surface area contributed by atoms with Gasteiger partial charge in [0, 0.05) is 0 Å². The van der Waals surface area contributed by atoms with Crippen LogP contribution in [0.4, 0.5) is 0 Å². The van der Waals surface area contributed by atoms with Crippen LogP contribution >= 0.6 is 0 Å². The molecular formula is C26H52. The molecule has 0 heteroatoms. The molecule has 0 aromatic heterocycles. The topological polar surface area (TPSA) is 0 Å². The van der Waals surface area contributed by atoms with Gasteiger partial charge in [0.25, 0.3) is 0 Å². The number of hydrogen-bond acceptors (Lipinski definition) is 0. The van der Waals surface area contributed by atoms with Crippen molar-refractivity contribution in [3.8, 4) is 0 Å². The van der Waals surface area contributed by atoms with Gasteiger partial charge in [-0.1, -0.05) is 93.9 Å². The summed E-state index contributed by atoms with van der Waals surface area (Å²) in [6, 6.07) is 0. The molecule has 4 saturated carbocycles. The van der Waals surface area contributed by atoms with E-state index < -0.39 is 0 Å². The van der Waals surface area contributed by atoms with Crippen LogP contribution in [0, 0.1) is 21.7 Å². The van der Waals surface area contributed by atoms with Crippen LogP contribution in [0.2, 0.25) is 0 Å². The molecule has 0 aromatic carbocycles. The zero-order valence-electron chi connectivity index (χ0n) is 19.9. The highest BCUT2D eigenvalue weighted by atomic mass is 14.3. The lowest BCUT2D eigenvalue weighted by Gasteiger charge is -2.33. The van der Waals surface area contributed by atoms with Crippen LogP contribution in [0.5, 0.6) is 0 Å². The Labute approximate surface area is 167 Å². The summed E-state index contributed by atoms with van der Waals surface area (Å²) in [5.74, 6) is 0. The third-order valence-corrected chi connectivity index (χ3v) is 7.33. The molecule has 0 bridgehead atoms. The van der Waals surface area contributed by atoms with Crippen LogP contribution in [-0.4, -0.2) is 0 Å². The van der Waals surface area contributed by atoms with Crippen molar-refractivity contribution in [1.29, 1.82) is 0 Å². The van der Waals surface area contributed by atoms with E-state index in [0.29, 0.717) is 10.8 Å². The molecule has 4 fully saturated rings. The van der Waals surface area contributed by atoms with E-state index in [1.165, 1.54) is 89.9 Å². The van der Waals surface area contributed by atoms with Crippen LogP contribution in [0.3, 0.4) is 0 Å². The minimum absolute atomic E-state index is 0.694. The quantitative estimate of drug-likeness (QED) is 0.401. The standard InChI is InChI=1S/2C7H14.2C6H12/c2*1-7(2)5-3-4-6-7;2*1-6(2)4-3-5-6/h2*3-6H2,1-2H3;2*3-5H2,1-2H3. The van der Waals surface area contributed by atoms with Crippen LogP contribution in [0.1, 0.15) is 145 Å². The van der Waals surface area contributed by atoms with Gasteiger partial charge >= 0.3 is 0 Å². The Morgan fingerprint density at radius 1 is 0.269 bits per heavy atom. The molecule has 4 rings (SSSR count). The van der Waals surface area contributed by atoms with Crippen molar-refractivity contribution >= 4 is 0 Å². The second-order valence-corrected chi connectivity index (χ2v) is 12.8. The van der Waals surface area contributed by atoms with Gasteiger partial charge in [0.2, 0.25) is 0 Å². The summed E-state index contributed by atoms with van der Waals surface area (Å²) in [5, 5.41) is 0. The van der Waals surface area contributed by atoms with Gasteiger partial charge < -0.3 is 0 Å². The third-order valence-electron chi connectivity index (χ3n) is 7.33. The molecule has 4 aliphatic rings. The van der Waals surface area contributed by atoms with Crippen LogP contribution in [0.15, 0.2) is 0 Å². The molecule has 0 amide bonds. The first kappa shape index (κ1) is 24.0. The summed E-state index contributed by atoms with van der Waals surface area (Å²) >= 11 is 0. The van der Waals surface area contributed by atoms with Gasteiger partial charge in [0.05, 0.1) is 0 Å². The molecule has 0 N–H and O–H groups in total. The molecule has 0 aliphatic heterocycles. The molecular weight excluding hydrogens is 312 g/mol. The highest BCUT2D eigenvalue weighted by Crippen LogP contribution is 2.39. The minimum atomic E-state index is 0.694. The van der Waals surface area contributed by atoms with E-state index in [4.69, 9.17) is 0 Å². The zero-order valence-corrected chi connectivity index (χ0v) is 19.9. The van der Waals surface area contributed by atoms with E-state index in [-0.39, 0.29) is 0 Å². The third kappa shape index (κ3) is 11.0. The Morgan fingerprint density at radius 3 is 0.462 bits per heavy atom. The Balaban J connectivity index is 0.000000174. The SMILES string of the molecule is CC1(C)CCC1.CC1(C)CCC1.CC1(C)CCCC1.CC1(C)CCCC1. The lowest BCUT2D eigenvalue weighted by Crippen LogP contribution is -2.20. The first-order chi connectivity index (χ1) is 11.8. The van der Waals surface area contributed by atoms with E-state index in [1.807, 2.05) is 0 Å². The summed E-state index contributed by atoms with van der Waals surface area (Å²) in [4.78, 5) is 0. The van der Waals surface area contributed by atoms with Gasteiger partial charge in [-0.3, -0.25) is 0 Å². The van der Waals surface area contributed by atoms with E-state index in [1.54, 1.807) is 0 Å². The van der Waals surface area contributed by atoms with Crippen LogP contribution in [0.25, 0.3) is 0 Å². The second-order valence-electron chi connectivity index (χ2n) is 12.8. The van der Waals surface area contributed by atoms with Gasteiger partial charge in [-0.15, -0.1) is 0 Å². The van der Waals surface area contributed by atoms with E-state index >= 15 is 0 Å². The van der Waals surface area contributed by atoms with Crippen molar-refractivity contribution in [1.82, 2.24) is 0 Å². The predicted octanol–water partition coefficient (Wildman–Crippen LogP) is 9.57. The van der Waals surface area contributed by atoms with Gasteiger partial charge in [-0.2, -0.15) is 0 Å². The molecule has 0 atom stereocenters. The Bertz CT molecular complexity index is 317. The van der Waals surface area contributed by atoms with Crippen LogP contribution < -0.4 is 0 Å². The van der Waals surface area contributed by atoms with Crippen molar-refractivity contribution in [3.63, 3.8) is 0 Å². The maximum Gasteiger partial charge on any atom is -0.0354 e. The fraction of sp³-hybridized carbons (Fsp3) is 1.00. The van der Waals surface area contributed by atoms with Gasteiger partial charge in [-0.05, 0) is 73.0 Å². The Kier molecular flexibility index (Phi) is 9.22. The Morgan fingerprint density at radius 2 is 0.423 bits per heavy atom. The molecule has 0 saturated heterocycles. The largest absolute Gasteiger partial charge is 0.0599 e. The lowest BCUT2D eigenvalue weighted by atomic mass is 9.72. The summed E-state index contributed by atoms with van der Waals surface area (Å²) in [5.41, 5.74) is 2.83. The predicted molar refractivity (Wildman–Crippen MR) is 120 cm³/mol. The number of rotatable bonds is 0. The van der Waals surface area contributed by atoms with Crippen molar-refractivity contribution in [2.45, 2.75) is 145 Å². The van der Waals surface area contributed by atoms with Crippen molar-refractivity contribution in [3.05, 3.63) is 0 Å². The molecule has 0 unspecified atom stereocenters. The van der Waals surface area contributed by atoms with E-state index in [9.17, 15) is 0 Å². The van der Waals surface area contributed by atoms with E-state index in [0.717, 1.165) is 10.8 Å². The maximum absolute atomic E-state index is 2.36. The van der Waals surface area contributed by atoms with Gasteiger partial charge in [-0.25, -0.2) is 0 Å². The smallest absolute Gasteiger partial charge is 0.0354 e. The second kappa shape index (κ2) is 9.97. The summed E-state index contributed by atoms with van der Waals surface area (Å²) in [6.07, 6.45) is 20.4. The molecule has 0 nitrogen and oxygen atoms in total. The van der Waals surface area contributed by atoms with Gasteiger partial charge in [0.15, 0.2) is 0 Å². The molecule has 0 radical (unpaired) electrons. The Hall–Kier alpha value is 0. The summed E-state index contributed by atoms with van der Waals surface area (Å²) in [7, 11) is 0. The average Bonchev–Trinajstić information content (AvgIpc) is 3.05. The molecule has 0 heterocycles. The first-order valence-electron chi connectivity index (χ1n) is 11.8. The minimum Gasteiger partial charge on any atom is -0.0599 e. The molecule has 156 valence electrons. The monoisotopic (exact) mass is 364 g/mol. The molecule has 4 aliphatic carbocycles. The van der Waals surface area contributed by atoms with Crippen LogP contribution in [-0.2, 0) is 0 Å². The fourth-order valence-corrected chi connectivity index (χ4v) is 4.43. The first-order valence-corrected chi connectivity index (χ1v) is 11.8. The zero-order chi connectivity index (χ0) is 19.9. The highest BCUT2D eigenvalue weighted by molar-refractivity contribution is 4.78.